The van der Waals surface area contributed by atoms with Gasteiger partial charge in [0.1, 0.15) is 11.4 Å². The van der Waals surface area contributed by atoms with Crippen LogP contribution in [0.3, 0.4) is 0 Å². The van der Waals surface area contributed by atoms with Gasteiger partial charge >= 0.3 is 0 Å². The average molecular weight is 204 g/mol. The summed E-state index contributed by atoms with van der Waals surface area (Å²) in [6.07, 6.45) is 6.20. The van der Waals surface area contributed by atoms with Gasteiger partial charge in [0.2, 0.25) is 0 Å². The zero-order chi connectivity index (χ0) is 10.7. The Morgan fingerprint density at radius 1 is 1.13 bits per heavy atom. The molecule has 0 saturated heterocycles. The minimum Gasteiger partial charge on any atom is -0.487 e. The van der Waals surface area contributed by atoms with E-state index < -0.39 is 0 Å². The van der Waals surface area contributed by atoms with Crippen LogP contribution in [0.1, 0.15) is 44.6 Å². The smallest absolute Gasteiger partial charge is 0.120 e. The van der Waals surface area contributed by atoms with Crippen LogP contribution in [0.5, 0.6) is 5.75 Å². The number of benzene rings is 1. The first-order chi connectivity index (χ1) is 7.24. The summed E-state index contributed by atoms with van der Waals surface area (Å²) in [5, 5.41) is 0. The van der Waals surface area contributed by atoms with Gasteiger partial charge < -0.3 is 4.74 Å². The van der Waals surface area contributed by atoms with Crippen molar-refractivity contribution in [1.29, 1.82) is 0 Å². The first-order valence-corrected chi connectivity index (χ1v) is 6.00. The Bertz CT molecular complexity index is 307. The second-order valence-electron chi connectivity index (χ2n) is 4.66. The first-order valence-electron chi connectivity index (χ1n) is 6.00. The third-order valence-corrected chi connectivity index (χ3v) is 3.51. The molecule has 1 aromatic carbocycles. The van der Waals surface area contributed by atoms with Crippen LogP contribution in [-0.4, -0.2) is 5.60 Å². The molecule has 0 unspecified atom stereocenters. The Morgan fingerprint density at radius 2 is 1.73 bits per heavy atom. The van der Waals surface area contributed by atoms with Gasteiger partial charge in [-0.15, -0.1) is 0 Å². The molecule has 1 saturated carbocycles. The topological polar surface area (TPSA) is 9.23 Å². The van der Waals surface area contributed by atoms with E-state index in [4.69, 9.17) is 4.74 Å². The molecular weight excluding hydrogens is 184 g/mol. The fraction of sp³-hybridized carbons (Fsp3) is 0.571. The second-order valence-corrected chi connectivity index (χ2v) is 4.66. The Balaban J connectivity index is 2.09. The van der Waals surface area contributed by atoms with Gasteiger partial charge in [0, 0.05) is 0 Å². The molecule has 1 fully saturated rings. The lowest BCUT2D eigenvalue weighted by molar-refractivity contribution is 0.0720. The molecule has 1 aromatic rings. The van der Waals surface area contributed by atoms with Gasteiger partial charge in [-0.3, -0.25) is 0 Å². The fourth-order valence-electron chi connectivity index (χ4n) is 2.40. The fourth-order valence-corrected chi connectivity index (χ4v) is 2.40. The predicted molar refractivity (Wildman–Crippen MR) is 63.3 cm³/mol. The van der Waals surface area contributed by atoms with Gasteiger partial charge in [-0.1, -0.05) is 24.6 Å². The van der Waals surface area contributed by atoms with E-state index in [-0.39, 0.29) is 5.60 Å². The Hall–Kier alpha value is -0.980. The van der Waals surface area contributed by atoms with Crippen LogP contribution in [0.25, 0.3) is 0 Å². The van der Waals surface area contributed by atoms with Gasteiger partial charge in [0.05, 0.1) is 0 Å². The lowest BCUT2D eigenvalue weighted by atomic mass is 9.99. The third kappa shape index (κ3) is 2.34. The first kappa shape index (κ1) is 10.5. The SMILES string of the molecule is CCC1(Oc2ccc(C)cc2)CCCC1. The van der Waals surface area contributed by atoms with Crippen LogP contribution in [0.15, 0.2) is 24.3 Å². The normalized spacial score (nSPS) is 19.1. The van der Waals surface area contributed by atoms with E-state index in [2.05, 4.69) is 38.1 Å². The summed E-state index contributed by atoms with van der Waals surface area (Å²) in [6, 6.07) is 8.41. The van der Waals surface area contributed by atoms with Crippen LogP contribution in [0.2, 0.25) is 0 Å². The van der Waals surface area contributed by atoms with Crippen molar-refractivity contribution in [3.63, 3.8) is 0 Å². The molecule has 1 aliphatic carbocycles. The highest BCUT2D eigenvalue weighted by Gasteiger charge is 2.33. The predicted octanol–water partition coefficient (Wildman–Crippen LogP) is 4.10. The van der Waals surface area contributed by atoms with Crippen molar-refractivity contribution in [3.8, 4) is 5.75 Å². The molecule has 0 aromatic heterocycles. The van der Waals surface area contributed by atoms with Crippen LogP contribution in [0, 0.1) is 6.92 Å². The molecule has 0 aliphatic heterocycles. The van der Waals surface area contributed by atoms with Crippen molar-refractivity contribution in [2.24, 2.45) is 0 Å². The van der Waals surface area contributed by atoms with Crippen molar-refractivity contribution < 1.29 is 4.74 Å². The second kappa shape index (κ2) is 4.26. The molecule has 0 spiro atoms. The number of hydrogen-bond acceptors (Lipinski definition) is 1. The van der Waals surface area contributed by atoms with E-state index in [1.54, 1.807) is 0 Å². The molecule has 0 heterocycles. The number of aryl methyl sites for hydroxylation is 1. The van der Waals surface area contributed by atoms with Crippen LogP contribution < -0.4 is 4.74 Å². The number of ether oxygens (including phenoxy) is 1. The van der Waals surface area contributed by atoms with Crippen LogP contribution >= 0.6 is 0 Å². The molecule has 0 radical (unpaired) electrons. The van der Waals surface area contributed by atoms with Gasteiger partial charge in [-0.25, -0.2) is 0 Å². The maximum Gasteiger partial charge on any atom is 0.120 e. The molecule has 0 amide bonds. The minimum absolute atomic E-state index is 0.134. The third-order valence-electron chi connectivity index (χ3n) is 3.51. The zero-order valence-electron chi connectivity index (χ0n) is 9.75. The molecule has 82 valence electrons. The van der Waals surface area contributed by atoms with Gasteiger partial charge in [-0.05, 0) is 51.2 Å². The zero-order valence-corrected chi connectivity index (χ0v) is 9.75. The summed E-state index contributed by atoms with van der Waals surface area (Å²) in [5.74, 6) is 1.03. The monoisotopic (exact) mass is 204 g/mol. The summed E-state index contributed by atoms with van der Waals surface area (Å²) in [6.45, 7) is 4.34. The van der Waals surface area contributed by atoms with E-state index in [0.717, 1.165) is 12.2 Å². The molecule has 15 heavy (non-hydrogen) atoms. The van der Waals surface area contributed by atoms with E-state index in [1.807, 2.05) is 0 Å². The van der Waals surface area contributed by atoms with Gasteiger partial charge in [0.15, 0.2) is 0 Å². The lowest BCUT2D eigenvalue weighted by Gasteiger charge is -2.29. The molecule has 1 aliphatic rings. The average Bonchev–Trinajstić information content (AvgIpc) is 2.71. The molecule has 0 atom stereocenters. The lowest BCUT2D eigenvalue weighted by Crippen LogP contribution is -2.31. The maximum atomic E-state index is 6.17. The molecule has 2 rings (SSSR count). The Morgan fingerprint density at radius 3 is 2.27 bits per heavy atom. The summed E-state index contributed by atoms with van der Waals surface area (Å²) >= 11 is 0. The number of rotatable bonds is 3. The van der Waals surface area contributed by atoms with E-state index in [9.17, 15) is 0 Å². The standard InChI is InChI=1S/C14H20O/c1-3-14(10-4-5-11-14)15-13-8-6-12(2)7-9-13/h6-9H,3-5,10-11H2,1-2H3. The largest absolute Gasteiger partial charge is 0.487 e. The highest BCUT2D eigenvalue weighted by atomic mass is 16.5. The summed E-state index contributed by atoms with van der Waals surface area (Å²) in [7, 11) is 0. The quantitative estimate of drug-likeness (QED) is 0.720. The molecule has 0 bridgehead atoms. The molecule has 1 heteroatoms. The Labute approximate surface area is 92.5 Å². The maximum absolute atomic E-state index is 6.17. The van der Waals surface area contributed by atoms with Crippen molar-refractivity contribution in [2.75, 3.05) is 0 Å². The summed E-state index contributed by atoms with van der Waals surface area (Å²) in [4.78, 5) is 0. The van der Waals surface area contributed by atoms with Crippen molar-refractivity contribution >= 4 is 0 Å². The van der Waals surface area contributed by atoms with Gasteiger partial charge in [0.25, 0.3) is 0 Å². The van der Waals surface area contributed by atoms with E-state index >= 15 is 0 Å². The van der Waals surface area contributed by atoms with E-state index in [1.165, 1.54) is 31.2 Å². The van der Waals surface area contributed by atoms with E-state index in [0.29, 0.717) is 0 Å². The summed E-state index contributed by atoms with van der Waals surface area (Å²) in [5.41, 5.74) is 1.43. The number of hydrogen-bond donors (Lipinski definition) is 0. The van der Waals surface area contributed by atoms with Crippen molar-refractivity contribution in [1.82, 2.24) is 0 Å². The van der Waals surface area contributed by atoms with Crippen LogP contribution in [0.4, 0.5) is 0 Å². The summed E-state index contributed by atoms with van der Waals surface area (Å²) < 4.78 is 6.17. The molecule has 1 nitrogen and oxygen atoms in total. The highest BCUT2D eigenvalue weighted by Crippen LogP contribution is 2.36. The molecule has 0 N–H and O–H groups in total. The van der Waals surface area contributed by atoms with Crippen LogP contribution in [-0.2, 0) is 0 Å². The molecular formula is C14H20O. The van der Waals surface area contributed by atoms with Crippen molar-refractivity contribution in [3.05, 3.63) is 29.8 Å². The highest BCUT2D eigenvalue weighted by molar-refractivity contribution is 5.27. The minimum atomic E-state index is 0.134. The van der Waals surface area contributed by atoms with Gasteiger partial charge in [-0.2, -0.15) is 0 Å². The Kier molecular flexibility index (Phi) is 2.99. The van der Waals surface area contributed by atoms with Crippen molar-refractivity contribution in [2.45, 2.75) is 51.6 Å².